The Hall–Kier alpha value is -2.87. The van der Waals surface area contributed by atoms with Crippen LogP contribution in [0.1, 0.15) is 53.1 Å². The number of rotatable bonds is 8. The quantitative estimate of drug-likeness (QED) is 0.378. The maximum absolute atomic E-state index is 13.0. The highest BCUT2D eigenvalue weighted by molar-refractivity contribution is 7.19. The molecule has 32 heavy (non-hydrogen) atoms. The summed E-state index contributed by atoms with van der Waals surface area (Å²) in [5.41, 5.74) is -0.807. The van der Waals surface area contributed by atoms with Crippen molar-refractivity contribution in [2.75, 3.05) is 0 Å². The molecule has 0 aliphatic rings. The van der Waals surface area contributed by atoms with Gasteiger partial charge >= 0.3 is 12.1 Å². The van der Waals surface area contributed by atoms with Gasteiger partial charge in [0, 0.05) is 21.6 Å². The molecule has 0 aliphatic carbocycles. The Morgan fingerprint density at radius 1 is 1.09 bits per heavy atom. The van der Waals surface area contributed by atoms with Crippen LogP contribution < -0.4 is 4.74 Å². The molecular weight excluding hydrogens is 441 g/mol. The molecule has 0 saturated carbocycles. The van der Waals surface area contributed by atoms with E-state index in [-0.39, 0.29) is 18.6 Å². The van der Waals surface area contributed by atoms with E-state index >= 15 is 0 Å². The molecule has 0 spiro atoms. The molecule has 1 aromatic heterocycles. The third-order valence-electron chi connectivity index (χ3n) is 5.59. The summed E-state index contributed by atoms with van der Waals surface area (Å²) in [6.45, 7) is 4.98. The molecule has 4 nitrogen and oxygen atoms in total. The van der Waals surface area contributed by atoms with Crippen molar-refractivity contribution in [3.05, 3.63) is 64.0 Å². The summed E-state index contributed by atoms with van der Waals surface area (Å²) >= 11 is 1.40. The summed E-state index contributed by atoms with van der Waals surface area (Å²) in [6, 6.07) is 10.0. The number of ketones is 1. The average Bonchev–Trinajstić information content (AvgIpc) is 3.06. The van der Waals surface area contributed by atoms with Crippen LogP contribution in [0.3, 0.4) is 0 Å². The molecule has 1 N–H and O–H groups in total. The number of aryl methyl sites for hydroxylation is 2. The fourth-order valence-corrected chi connectivity index (χ4v) is 4.48. The molecule has 170 valence electrons. The Morgan fingerprint density at radius 2 is 1.75 bits per heavy atom. The summed E-state index contributed by atoms with van der Waals surface area (Å²) in [6.07, 6.45) is -3.48. The maximum atomic E-state index is 13.0. The minimum atomic E-state index is -4.40. The first kappa shape index (κ1) is 23.8. The van der Waals surface area contributed by atoms with Crippen molar-refractivity contribution in [2.45, 2.75) is 51.8 Å². The van der Waals surface area contributed by atoms with Crippen molar-refractivity contribution in [2.24, 2.45) is 0 Å². The second-order valence-electron chi connectivity index (χ2n) is 7.80. The number of alkyl halides is 3. The van der Waals surface area contributed by atoms with E-state index in [1.54, 1.807) is 38.1 Å². The third kappa shape index (κ3) is 4.96. The number of aliphatic carboxylic acids is 1. The number of carboxylic acid groups (broad SMARTS) is 1. The normalized spacial score (nSPS) is 13.7. The first-order valence-corrected chi connectivity index (χ1v) is 10.9. The first-order chi connectivity index (χ1) is 14.9. The summed E-state index contributed by atoms with van der Waals surface area (Å²) in [4.78, 5) is 24.9. The fraction of sp³-hybridized carbons (Fsp3) is 0.333. The number of halogens is 3. The lowest BCUT2D eigenvalue weighted by Crippen LogP contribution is -2.40. The van der Waals surface area contributed by atoms with Crippen molar-refractivity contribution in [1.82, 2.24) is 0 Å². The monoisotopic (exact) mass is 464 g/mol. The molecule has 0 saturated heterocycles. The zero-order chi connectivity index (χ0) is 23.7. The fourth-order valence-electron chi connectivity index (χ4n) is 3.29. The molecule has 1 heterocycles. The van der Waals surface area contributed by atoms with Crippen LogP contribution in [-0.2, 0) is 17.4 Å². The highest BCUT2D eigenvalue weighted by Gasteiger charge is 2.33. The summed E-state index contributed by atoms with van der Waals surface area (Å²) in [7, 11) is 0. The summed E-state index contributed by atoms with van der Waals surface area (Å²) < 4.78 is 45.3. The van der Waals surface area contributed by atoms with E-state index in [0.29, 0.717) is 23.1 Å². The molecule has 0 bridgehead atoms. The number of hydrogen-bond donors (Lipinski definition) is 1. The largest absolute Gasteiger partial charge is 0.478 e. The van der Waals surface area contributed by atoms with Gasteiger partial charge in [0.2, 0.25) is 5.60 Å². The Morgan fingerprint density at radius 3 is 2.31 bits per heavy atom. The van der Waals surface area contributed by atoms with E-state index in [9.17, 15) is 27.9 Å². The van der Waals surface area contributed by atoms with Crippen LogP contribution in [0, 0.1) is 6.92 Å². The van der Waals surface area contributed by atoms with Crippen LogP contribution in [0.5, 0.6) is 5.75 Å². The maximum Gasteiger partial charge on any atom is 0.416 e. The molecular formula is C24H23F3O4S. The second kappa shape index (κ2) is 8.94. The molecule has 1 atom stereocenters. The Labute approximate surface area is 187 Å². The van der Waals surface area contributed by atoms with Crippen molar-refractivity contribution in [3.8, 4) is 5.75 Å². The first-order valence-electron chi connectivity index (χ1n) is 10.1. The van der Waals surface area contributed by atoms with Gasteiger partial charge in [-0.1, -0.05) is 6.92 Å². The van der Waals surface area contributed by atoms with Gasteiger partial charge < -0.3 is 9.84 Å². The van der Waals surface area contributed by atoms with Crippen molar-refractivity contribution in [3.63, 3.8) is 0 Å². The van der Waals surface area contributed by atoms with Gasteiger partial charge in [-0.05, 0) is 80.1 Å². The number of carboxylic acids is 1. The highest BCUT2D eigenvalue weighted by atomic mass is 32.1. The molecule has 0 aliphatic heterocycles. The van der Waals surface area contributed by atoms with Crippen LogP contribution in [0.25, 0.3) is 10.1 Å². The third-order valence-corrected chi connectivity index (χ3v) is 6.92. The van der Waals surface area contributed by atoms with Crippen molar-refractivity contribution >= 4 is 33.2 Å². The number of carbonyl (C=O) groups is 2. The minimum Gasteiger partial charge on any atom is -0.478 e. The van der Waals surface area contributed by atoms with Crippen LogP contribution in [0.2, 0.25) is 0 Å². The number of hydrogen-bond acceptors (Lipinski definition) is 4. The van der Waals surface area contributed by atoms with Crippen LogP contribution in [0.15, 0.2) is 42.5 Å². The van der Waals surface area contributed by atoms with Gasteiger partial charge in [0.15, 0.2) is 5.78 Å². The SMILES string of the molecule is CCC(C)(Oc1ccc(C(=O)CCc2sc3ccc(C(F)(F)F)cc3c2C)cc1)C(=O)O. The molecule has 3 rings (SSSR count). The number of thiophene rings is 1. The Kier molecular flexibility index (Phi) is 6.64. The van der Waals surface area contributed by atoms with Crippen LogP contribution in [0.4, 0.5) is 13.2 Å². The van der Waals surface area contributed by atoms with Crippen LogP contribution in [-0.4, -0.2) is 22.5 Å². The van der Waals surface area contributed by atoms with Gasteiger partial charge in [0.05, 0.1) is 5.56 Å². The highest BCUT2D eigenvalue weighted by Crippen LogP contribution is 2.37. The predicted octanol–water partition coefficient (Wildman–Crippen LogP) is 6.68. The molecule has 0 amide bonds. The Bertz CT molecular complexity index is 1150. The average molecular weight is 465 g/mol. The van der Waals surface area contributed by atoms with Gasteiger partial charge in [-0.15, -0.1) is 11.3 Å². The molecule has 2 aromatic carbocycles. The molecule has 0 radical (unpaired) electrons. The number of fused-ring (bicyclic) bond motifs is 1. The van der Waals surface area contributed by atoms with E-state index in [4.69, 9.17) is 4.74 Å². The number of benzene rings is 2. The van der Waals surface area contributed by atoms with E-state index in [0.717, 1.165) is 27.3 Å². The van der Waals surface area contributed by atoms with E-state index in [1.165, 1.54) is 24.3 Å². The zero-order valence-corrected chi connectivity index (χ0v) is 18.7. The lowest BCUT2D eigenvalue weighted by molar-refractivity contribution is -0.154. The molecule has 1 unspecified atom stereocenters. The topological polar surface area (TPSA) is 63.6 Å². The van der Waals surface area contributed by atoms with Gasteiger partial charge in [0.1, 0.15) is 5.75 Å². The van der Waals surface area contributed by atoms with Gasteiger partial charge in [0.25, 0.3) is 0 Å². The number of carbonyl (C=O) groups excluding carboxylic acids is 1. The predicted molar refractivity (Wildman–Crippen MR) is 118 cm³/mol. The standard InChI is InChI=1S/C24H23F3O4S/c1-4-23(3,22(29)30)31-17-8-5-15(6-9-17)19(28)10-12-20-14(2)18-13-16(24(25,26)27)7-11-21(18)32-20/h5-9,11,13H,4,10,12H2,1-3H3,(H,29,30). The van der Waals surface area contributed by atoms with E-state index in [2.05, 4.69) is 0 Å². The lowest BCUT2D eigenvalue weighted by Gasteiger charge is -2.24. The van der Waals surface area contributed by atoms with Gasteiger partial charge in [-0.3, -0.25) is 4.79 Å². The summed E-state index contributed by atoms with van der Waals surface area (Å²) in [5.74, 6) is -0.823. The molecule has 0 fully saturated rings. The van der Waals surface area contributed by atoms with Crippen molar-refractivity contribution < 1.29 is 32.6 Å². The number of ether oxygens (including phenoxy) is 1. The zero-order valence-electron chi connectivity index (χ0n) is 17.9. The second-order valence-corrected chi connectivity index (χ2v) is 8.93. The van der Waals surface area contributed by atoms with Crippen molar-refractivity contribution in [1.29, 1.82) is 0 Å². The number of Topliss-reactive ketones (excluding diaryl/α,β-unsaturated/α-hetero) is 1. The van der Waals surface area contributed by atoms with Gasteiger partial charge in [-0.2, -0.15) is 13.2 Å². The summed E-state index contributed by atoms with van der Waals surface area (Å²) in [5, 5.41) is 9.87. The molecule has 3 aromatic rings. The van der Waals surface area contributed by atoms with E-state index < -0.39 is 23.3 Å². The lowest BCUT2D eigenvalue weighted by atomic mass is 10.0. The Balaban J connectivity index is 1.70. The molecule has 8 heteroatoms. The smallest absolute Gasteiger partial charge is 0.416 e. The van der Waals surface area contributed by atoms with Gasteiger partial charge in [-0.25, -0.2) is 4.79 Å². The van der Waals surface area contributed by atoms with E-state index in [1.807, 2.05) is 0 Å². The minimum absolute atomic E-state index is 0.110. The van der Waals surface area contributed by atoms with Crippen LogP contribution >= 0.6 is 11.3 Å².